The first-order valence-corrected chi connectivity index (χ1v) is 8.91. The van der Waals surface area contributed by atoms with Gasteiger partial charge in [-0.3, -0.25) is 9.97 Å². The number of aromatic nitrogens is 4. The van der Waals surface area contributed by atoms with Gasteiger partial charge in [-0.05, 0) is 12.1 Å². The van der Waals surface area contributed by atoms with Crippen molar-refractivity contribution in [1.82, 2.24) is 19.5 Å². The standard InChI is InChI=1S/C22H18N4O2/c27-22(28)18-8-6-17(7-9-18)21-20(16-4-2-1-3-5-16)25-15-26(21)13-10-19-14-23-11-12-24-19/h1-9,11-12,14-15H,10,13H2,(H,27,28). The molecule has 6 nitrogen and oxygen atoms in total. The summed E-state index contributed by atoms with van der Waals surface area (Å²) in [5.74, 6) is -0.939. The van der Waals surface area contributed by atoms with E-state index in [0.717, 1.165) is 34.6 Å². The molecular formula is C22H18N4O2. The second kappa shape index (κ2) is 7.84. The Morgan fingerprint density at radius 3 is 2.39 bits per heavy atom. The van der Waals surface area contributed by atoms with Crippen LogP contribution in [0.4, 0.5) is 0 Å². The Balaban J connectivity index is 1.74. The van der Waals surface area contributed by atoms with Gasteiger partial charge in [-0.2, -0.15) is 0 Å². The fourth-order valence-corrected chi connectivity index (χ4v) is 3.13. The summed E-state index contributed by atoms with van der Waals surface area (Å²) >= 11 is 0. The van der Waals surface area contributed by atoms with E-state index in [2.05, 4.69) is 19.5 Å². The van der Waals surface area contributed by atoms with Gasteiger partial charge in [0.15, 0.2) is 0 Å². The molecule has 4 rings (SSSR count). The molecule has 28 heavy (non-hydrogen) atoms. The number of benzene rings is 2. The third-order valence-corrected chi connectivity index (χ3v) is 4.52. The smallest absolute Gasteiger partial charge is 0.335 e. The number of aromatic carboxylic acids is 1. The summed E-state index contributed by atoms with van der Waals surface area (Å²) in [7, 11) is 0. The maximum absolute atomic E-state index is 11.2. The topological polar surface area (TPSA) is 80.9 Å². The summed E-state index contributed by atoms with van der Waals surface area (Å²) in [6.07, 6.45) is 7.64. The molecule has 1 N–H and O–H groups in total. The molecule has 6 heteroatoms. The number of aryl methyl sites for hydroxylation is 2. The van der Waals surface area contributed by atoms with E-state index in [9.17, 15) is 9.90 Å². The van der Waals surface area contributed by atoms with E-state index in [1.807, 2.05) is 48.8 Å². The van der Waals surface area contributed by atoms with Gasteiger partial charge >= 0.3 is 5.97 Å². The Morgan fingerprint density at radius 2 is 1.71 bits per heavy atom. The van der Waals surface area contributed by atoms with Crippen LogP contribution in [-0.4, -0.2) is 30.6 Å². The zero-order valence-corrected chi connectivity index (χ0v) is 15.1. The van der Waals surface area contributed by atoms with Gasteiger partial charge in [-0.25, -0.2) is 9.78 Å². The van der Waals surface area contributed by atoms with Crippen molar-refractivity contribution in [2.75, 3.05) is 0 Å². The van der Waals surface area contributed by atoms with Crippen LogP contribution in [0, 0.1) is 0 Å². The zero-order valence-electron chi connectivity index (χ0n) is 15.1. The van der Waals surface area contributed by atoms with E-state index in [-0.39, 0.29) is 5.56 Å². The molecule has 0 aliphatic heterocycles. The highest BCUT2D eigenvalue weighted by Crippen LogP contribution is 2.31. The van der Waals surface area contributed by atoms with Crippen LogP contribution in [0.5, 0.6) is 0 Å². The zero-order chi connectivity index (χ0) is 19.3. The van der Waals surface area contributed by atoms with Crippen molar-refractivity contribution in [1.29, 1.82) is 0 Å². The van der Waals surface area contributed by atoms with Crippen LogP contribution in [0.1, 0.15) is 16.1 Å². The van der Waals surface area contributed by atoms with Gasteiger partial charge in [0, 0.05) is 42.7 Å². The fraction of sp³-hybridized carbons (Fsp3) is 0.0909. The molecule has 138 valence electrons. The monoisotopic (exact) mass is 370 g/mol. The molecule has 0 saturated heterocycles. The molecule has 0 fully saturated rings. The molecule has 4 aromatic rings. The Labute approximate surface area is 162 Å². The lowest BCUT2D eigenvalue weighted by Gasteiger charge is -2.11. The SMILES string of the molecule is O=C(O)c1ccc(-c2c(-c3ccccc3)ncn2CCc2cnccn2)cc1. The number of carboxylic acids is 1. The predicted octanol–water partition coefficient (Wildman–Crippen LogP) is 3.95. The lowest BCUT2D eigenvalue weighted by atomic mass is 10.0. The molecule has 0 radical (unpaired) electrons. The molecule has 0 spiro atoms. The van der Waals surface area contributed by atoms with Gasteiger partial charge in [0.2, 0.25) is 0 Å². The van der Waals surface area contributed by atoms with Gasteiger partial charge in [-0.1, -0.05) is 42.5 Å². The van der Waals surface area contributed by atoms with Crippen molar-refractivity contribution in [3.8, 4) is 22.5 Å². The van der Waals surface area contributed by atoms with Crippen molar-refractivity contribution in [2.24, 2.45) is 0 Å². The lowest BCUT2D eigenvalue weighted by Crippen LogP contribution is -2.04. The number of imidazole rings is 1. The second-order valence-corrected chi connectivity index (χ2v) is 6.33. The van der Waals surface area contributed by atoms with Gasteiger partial charge < -0.3 is 9.67 Å². The van der Waals surface area contributed by atoms with Gasteiger partial charge in [0.1, 0.15) is 0 Å². The molecule has 0 aliphatic rings. The minimum atomic E-state index is -0.939. The third-order valence-electron chi connectivity index (χ3n) is 4.52. The largest absolute Gasteiger partial charge is 0.478 e. The highest BCUT2D eigenvalue weighted by Gasteiger charge is 2.15. The normalized spacial score (nSPS) is 10.7. The second-order valence-electron chi connectivity index (χ2n) is 6.33. The molecule has 0 atom stereocenters. The van der Waals surface area contributed by atoms with Crippen molar-refractivity contribution >= 4 is 5.97 Å². The molecule has 2 aromatic heterocycles. The van der Waals surface area contributed by atoms with E-state index in [1.165, 1.54) is 0 Å². The fourth-order valence-electron chi connectivity index (χ4n) is 3.13. The van der Waals surface area contributed by atoms with Crippen LogP contribution in [0.15, 0.2) is 79.5 Å². The molecule has 0 amide bonds. The average Bonchev–Trinajstić information content (AvgIpc) is 3.17. The first kappa shape index (κ1) is 17.6. The highest BCUT2D eigenvalue weighted by atomic mass is 16.4. The maximum atomic E-state index is 11.2. The van der Waals surface area contributed by atoms with Crippen LogP contribution in [0.3, 0.4) is 0 Å². The highest BCUT2D eigenvalue weighted by molar-refractivity contribution is 5.89. The third kappa shape index (κ3) is 3.66. The number of nitrogens with zero attached hydrogens (tertiary/aromatic N) is 4. The summed E-state index contributed by atoms with van der Waals surface area (Å²) in [5, 5.41) is 9.17. The van der Waals surface area contributed by atoms with Crippen LogP contribution >= 0.6 is 0 Å². The molecule has 0 bridgehead atoms. The first-order chi connectivity index (χ1) is 13.7. The van der Waals surface area contributed by atoms with E-state index in [0.29, 0.717) is 6.54 Å². The van der Waals surface area contributed by atoms with Crippen molar-refractivity contribution < 1.29 is 9.90 Å². The average molecular weight is 370 g/mol. The van der Waals surface area contributed by atoms with E-state index in [4.69, 9.17) is 0 Å². The van der Waals surface area contributed by atoms with Gasteiger partial charge in [0.05, 0.1) is 29.0 Å². The quantitative estimate of drug-likeness (QED) is 0.556. The summed E-state index contributed by atoms with van der Waals surface area (Å²) in [6.45, 7) is 0.689. The van der Waals surface area contributed by atoms with Crippen LogP contribution < -0.4 is 0 Å². The van der Waals surface area contributed by atoms with Crippen molar-refractivity contribution in [3.05, 3.63) is 90.8 Å². The summed E-state index contributed by atoms with van der Waals surface area (Å²) in [5.41, 5.74) is 4.91. The van der Waals surface area contributed by atoms with Crippen LogP contribution in [0.2, 0.25) is 0 Å². The Hall–Kier alpha value is -3.80. The van der Waals surface area contributed by atoms with E-state index < -0.39 is 5.97 Å². The van der Waals surface area contributed by atoms with Crippen LogP contribution in [-0.2, 0) is 13.0 Å². The Morgan fingerprint density at radius 1 is 0.929 bits per heavy atom. The van der Waals surface area contributed by atoms with Crippen molar-refractivity contribution in [3.63, 3.8) is 0 Å². The Kier molecular flexibility index (Phi) is 4.93. The summed E-state index contributed by atoms with van der Waals surface area (Å²) < 4.78 is 2.08. The number of hydrogen-bond acceptors (Lipinski definition) is 4. The van der Waals surface area contributed by atoms with E-state index >= 15 is 0 Å². The molecular weight excluding hydrogens is 352 g/mol. The molecule has 0 aliphatic carbocycles. The molecule has 0 unspecified atom stereocenters. The predicted molar refractivity (Wildman–Crippen MR) is 106 cm³/mol. The number of carboxylic acid groups (broad SMARTS) is 1. The van der Waals surface area contributed by atoms with E-state index in [1.54, 1.807) is 30.7 Å². The molecule has 2 heterocycles. The number of carbonyl (C=O) groups is 1. The van der Waals surface area contributed by atoms with Gasteiger partial charge in [-0.15, -0.1) is 0 Å². The first-order valence-electron chi connectivity index (χ1n) is 8.91. The number of rotatable bonds is 6. The maximum Gasteiger partial charge on any atom is 0.335 e. The van der Waals surface area contributed by atoms with Crippen LogP contribution in [0.25, 0.3) is 22.5 Å². The summed E-state index contributed by atoms with van der Waals surface area (Å²) in [6, 6.07) is 16.8. The lowest BCUT2D eigenvalue weighted by molar-refractivity contribution is 0.0697. The van der Waals surface area contributed by atoms with Gasteiger partial charge in [0.25, 0.3) is 0 Å². The molecule has 0 saturated carbocycles. The minimum absolute atomic E-state index is 0.260. The minimum Gasteiger partial charge on any atom is -0.478 e. The summed E-state index contributed by atoms with van der Waals surface area (Å²) in [4.78, 5) is 24.3. The molecule has 2 aromatic carbocycles. The van der Waals surface area contributed by atoms with Crippen molar-refractivity contribution in [2.45, 2.75) is 13.0 Å². The Bertz CT molecular complexity index is 1070. The number of hydrogen-bond donors (Lipinski definition) is 1.